The molecule has 0 unspecified atom stereocenters. The van der Waals surface area contributed by atoms with Gasteiger partial charge in [0.2, 0.25) is 0 Å². The minimum atomic E-state index is -0.515. The van der Waals surface area contributed by atoms with Crippen molar-refractivity contribution in [2.45, 2.75) is 12.6 Å². The third-order valence-electron chi connectivity index (χ3n) is 3.77. The number of aliphatic hydroxyl groups is 1. The summed E-state index contributed by atoms with van der Waals surface area (Å²) in [6.07, 6.45) is -0.515. The number of nitrogens with zero attached hydrogens (tertiary/aromatic N) is 1. The molecule has 0 radical (unpaired) electrons. The van der Waals surface area contributed by atoms with E-state index in [1.54, 1.807) is 14.2 Å². The fourth-order valence-electron chi connectivity index (χ4n) is 2.51. The Bertz CT molecular complexity index is 574. The summed E-state index contributed by atoms with van der Waals surface area (Å²) in [6.45, 7) is 2.69. The Morgan fingerprint density at radius 2 is 1.83 bits per heavy atom. The highest BCUT2D eigenvalue weighted by Gasteiger charge is 2.14. The van der Waals surface area contributed by atoms with Crippen LogP contribution in [0.1, 0.15) is 17.2 Å². The van der Waals surface area contributed by atoms with E-state index in [4.69, 9.17) is 9.47 Å². The average molecular weight is 315 g/mol. The predicted octanol–water partition coefficient (Wildman–Crippen LogP) is 2.88. The maximum absolute atomic E-state index is 10.5. The number of aliphatic hydroxyl groups excluding tert-OH is 1. The first-order valence-corrected chi connectivity index (χ1v) is 7.80. The summed E-state index contributed by atoms with van der Waals surface area (Å²) >= 11 is 0. The molecule has 1 N–H and O–H groups in total. The highest BCUT2D eigenvalue weighted by atomic mass is 16.5. The first kappa shape index (κ1) is 17.5. The quantitative estimate of drug-likeness (QED) is 0.772. The zero-order chi connectivity index (χ0) is 16.5. The van der Waals surface area contributed by atoms with Gasteiger partial charge in [-0.05, 0) is 23.3 Å². The summed E-state index contributed by atoms with van der Waals surface area (Å²) in [5.74, 6) is 0.845. The largest absolute Gasteiger partial charge is 0.497 e. The summed E-state index contributed by atoms with van der Waals surface area (Å²) in [5.41, 5.74) is 2.08. The van der Waals surface area contributed by atoms with Gasteiger partial charge in [0, 0.05) is 26.7 Å². The Morgan fingerprint density at radius 3 is 2.52 bits per heavy atom. The Balaban J connectivity index is 2.03. The van der Waals surface area contributed by atoms with E-state index in [1.165, 1.54) is 0 Å². The lowest BCUT2D eigenvalue weighted by Crippen LogP contribution is -2.31. The van der Waals surface area contributed by atoms with Crippen LogP contribution in [0, 0.1) is 0 Å². The molecule has 0 bridgehead atoms. The monoisotopic (exact) mass is 315 g/mol. The molecule has 2 aromatic carbocycles. The lowest BCUT2D eigenvalue weighted by atomic mass is 10.1. The van der Waals surface area contributed by atoms with Crippen LogP contribution in [-0.4, -0.2) is 43.9 Å². The van der Waals surface area contributed by atoms with E-state index >= 15 is 0 Å². The van der Waals surface area contributed by atoms with Crippen molar-refractivity contribution < 1.29 is 14.6 Å². The summed E-state index contributed by atoms with van der Waals surface area (Å²) < 4.78 is 10.5. The van der Waals surface area contributed by atoms with Gasteiger partial charge in [0.1, 0.15) is 5.75 Å². The zero-order valence-corrected chi connectivity index (χ0v) is 13.8. The molecule has 0 aliphatic heterocycles. The molecule has 0 aliphatic rings. The van der Waals surface area contributed by atoms with Crippen LogP contribution in [0.4, 0.5) is 0 Å². The zero-order valence-electron chi connectivity index (χ0n) is 13.8. The maximum Gasteiger partial charge on any atom is 0.119 e. The van der Waals surface area contributed by atoms with Gasteiger partial charge in [0.25, 0.3) is 0 Å². The van der Waals surface area contributed by atoms with E-state index < -0.39 is 6.10 Å². The van der Waals surface area contributed by atoms with Crippen molar-refractivity contribution in [1.29, 1.82) is 0 Å². The van der Waals surface area contributed by atoms with E-state index in [9.17, 15) is 5.11 Å². The van der Waals surface area contributed by atoms with Crippen molar-refractivity contribution in [3.8, 4) is 5.75 Å². The molecule has 0 aromatic heterocycles. The van der Waals surface area contributed by atoms with E-state index in [0.29, 0.717) is 13.2 Å². The number of methoxy groups -OCH3 is 2. The highest BCUT2D eigenvalue weighted by Crippen LogP contribution is 2.18. The molecule has 4 heteroatoms. The van der Waals surface area contributed by atoms with Crippen molar-refractivity contribution in [2.75, 3.05) is 33.9 Å². The molecule has 23 heavy (non-hydrogen) atoms. The minimum Gasteiger partial charge on any atom is -0.497 e. The molecule has 0 fully saturated rings. The van der Waals surface area contributed by atoms with Crippen LogP contribution >= 0.6 is 0 Å². The van der Waals surface area contributed by atoms with Crippen molar-refractivity contribution in [2.24, 2.45) is 0 Å². The topological polar surface area (TPSA) is 41.9 Å². The number of hydrogen-bond donors (Lipinski definition) is 1. The summed E-state index contributed by atoms with van der Waals surface area (Å²) in [5, 5.41) is 10.5. The second-order valence-electron chi connectivity index (χ2n) is 5.51. The normalized spacial score (nSPS) is 12.3. The van der Waals surface area contributed by atoms with Crippen LogP contribution < -0.4 is 4.74 Å². The van der Waals surface area contributed by atoms with Gasteiger partial charge in [0.15, 0.2) is 0 Å². The lowest BCUT2D eigenvalue weighted by molar-refractivity contribution is 0.0849. The third kappa shape index (κ3) is 5.67. The molecule has 1 atom stereocenters. The molecular weight excluding hydrogens is 290 g/mol. The molecule has 0 saturated carbocycles. The molecular formula is C19H25NO3. The van der Waals surface area contributed by atoms with Crippen molar-refractivity contribution in [3.05, 3.63) is 65.7 Å². The van der Waals surface area contributed by atoms with Gasteiger partial charge in [0.05, 0.1) is 19.8 Å². The second-order valence-corrected chi connectivity index (χ2v) is 5.51. The second kappa shape index (κ2) is 9.30. The lowest BCUT2D eigenvalue weighted by Gasteiger charge is -2.25. The summed E-state index contributed by atoms with van der Waals surface area (Å²) in [4.78, 5) is 2.19. The molecule has 2 aromatic rings. The molecule has 0 heterocycles. The minimum absolute atomic E-state index is 0.515. The third-order valence-corrected chi connectivity index (χ3v) is 3.77. The van der Waals surface area contributed by atoms with Gasteiger partial charge in [-0.1, -0.05) is 42.5 Å². The molecule has 0 saturated heterocycles. The van der Waals surface area contributed by atoms with E-state index in [-0.39, 0.29) is 0 Å². The van der Waals surface area contributed by atoms with Crippen LogP contribution in [0.15, 0.2) is 54.6 Å². The maximum atomic E-state index is 10.5. The highest BCUT2D eigenvalue weighted by molar-refractivity contribution is 5.28. The molecule has 2 rings (SSSR count). The SMILES string of the molecule is COCCN(Cc1cccc(OC)c1)C[C@@H](O)c1ccccc1. The van der Waals surface area contributed by atoms with Crippen molar-refractivity contribution in [1.82, 2.24) is 4.90 Å². The van der Waals surface area contributed by atoms with Crippen LogP contribution in [0.5, 0.6) is 5.75 Å². The van der Waals surface area contributed by atoms with Gasteiger partial charge in [-0.2, -0.15) is 0 Å². The standard InChI is InChI=1S/C19H25NO3/c1-22-12-11-20(14-16-7-6-10-18(13-16)23-2)15-19(21)17-8-4-3-5-9-17/h3-10,13,19,21H,11-12,14-15H2,1-2H3/t19-/m1/s1. The van der Waals surface area contributed by atoms with Gasteiger partial charge < -0.3 is 14.6 Å². The summed E-state index contributed by atoms with van der Waals surface area (Å²) in [6, 6.07) is 17.7. The van der Waals surface area contributed by atoms with E-state index in [2.05, 4.69) is 11.0 Å². The van der Waals surface area contributed by atoms with Crippen molar-refractivity contribution in [3.63, 3.8) is 0 Å². The first-order valence-electron chi connectivity index (χ1n) is 7.80. The van der Waals surface area contributed by atoms with E-state index in [0.717, 1.165) is 30.0 Å². The van der Waals surface area contributed by atoms with Crippen molar-refractivity contribution >= 4 is 0 Å². The summed E-state index contributed by atoms with van der Waals surface area (Å²) in [7, 11) is 3.36. The number of hydrogen-bond acceptors (Lipinski definition) is 4. The fraction of sp³-hybridized carbons (Fsp3) is 0.368. The van der Waals surface area contributed by atoms with Crippen LogP contribution in [0.25, 0.3) is 0 Å². The Kier molecular flexibility index (Phi) is 7.07. The fourth-order valence-corrected chi connectivity index (χ4v) is 2.51. The Hall–Kier alpha value is -1.88. The van der Waals surface area contributed by atoms with Gasteiger partial charge in [-0.15, -0.1) is 0 Å². The first-order chi connectivity index (χ1) is 11.2. The number of rotatable bonds is 9. The van der Waals surface area contributed by atoms with Crippen LogP contribution in [0.3, 0.4) is 0 Å². The van der Waals surface area contributed by atoms with Crippen LogP contribution in [-0.2, 0) is 11.3 Å². The Labute approximate surface area is 138 Å². The molecule has 124 valence electrons. The van der Waals surface area contributed by atoms with Crippen LogP contribution in [0.2, 0.25) is 0 Å². The molecule has 0 aliphatic carbocycles. The average Bonchev–Trinajstić information content (AvgIpc) is 2.60. The van der Waals surface area contributed by atoms with Gasteiger partial charge in [-0.25, -0.2) is 0 Å². The molecule has 4 nitrogen and oxygen atoms in total. The Morgan fingerprint density at radius 1 is 1.04 bits per heavy atom. The van der Waals surface area contributed by atoms with Gasteiger partial charge in [-0.3, -0.25) is 4.90 Å². The van der Waals surface area contributed by atoms with E-state index in [1.807, 2.05) is 48.5 Å². The molecule has 0 amide bonds. The smallest absolute Gasteiger partial charge is 0.119 e. The number of benzene rings is 2. The molecule has 0 spiro atoms. The number of ether oxygens (including phenoxy) is 2. The predicted molar refractivity (Wildman–Crippen MR) is 91.5 cm³/mol. The van der Waals surface area contributed by atoms with Gasteiger partial charge >= 0.3 is 0 Å².